The summed E-state index contributed by atoms with van der Waals surface area (Å²) in [6.07, 6.45) is 4.47. The van der Waals surface area contributed by atoms with Crippen molar-refractivity contribution in [1.29, 1.82) is 0 Å². The highest BCUT2D eigenvalue weighted by Gasteiger charge is 2.15. The van der Waals surface area contributed by atoms with Crippen molar-refractivity contribution in [2.45, 2.75) is 0 Å². The molecule has 0 atom stereocenters. The maximum absolute atomic E-state index is 13.4. The predicted octanol–water partition coefficient (Wildman–Crippen LogP) is 4.20. The molecular formula is C20H11F2N3O. The van der Waals surface area contributed by atoms with Gasteiger partial charge < -0.3 is 0 Å². The molecule has 0 spiro atoms. The van der Waals surface area contributed by atoms with Gasteiger partial charge in [0.1, 0.15) is 5.69 Å². The molecule has 2 aromatic carbocycles. The second-order valence-corrected chi connectivity index (χ2v) is 5.66. The zero-order chi connectivity index (χ0) is 18.1. The molecule has 0 aliphatic rings. The number of carbonyl (C=O) groups is 1. The molecule has 2 aromatic heterocycles. The summed E-state index contributed by atoms with van der Waals surface area (Å²) in [6, 6.07) is 12.5. The van der Waals surface area contributed by atoms with Crippen molar-refractivity contribution in [2.75, 3.05) is 0 Å². The normalized spacial score (nSPS) is 10.8. The van der Waals surface area contributed by atoms with E-state index < -0.39 is 17.4 Å². The first kappa shape index (κ1) is 16.0. The molecule has 0 fully saturated rings. The van der Waals surface area contributed by atoms with Crippen LogP contribution < -0.4 is 0 Å². The van der Waals surface area contributed by atoms with Crippen molar-refractivity contribution in [3.63, 3.8) is 0 Å². The zero-order valence-corrected chi connectivity index (χ0v) is 13.4. The van der Waals surface area contributed by atoms with Gasteiger partial charge in [-0.05, 0) is 30.3 Å². The number of pyridine rings is 1. The lowest BCUT2D eigenvalue weighted by molar-refractivity contribution is 0.103. The van der Waals surface area contributed by atoms with Gasteiger partial charge in [-0.15, -0.1) is 0 Å². The smallest absolute Gasteiger partial charge is 0.213 e. The van der Waals surface area contributed by atoms with Gasteiger partial charge in [0.25, 0.3) is 0 Å². The summed E-state index contributed by atoms with van der Waals surface area (Å²) in [7, 11) is 0. The van der Waals surface area contributed by atoms with E-state index in [9.17, 15) is 13.6 Å². The Labute approximate surface area is 147 Å². The van der Waals surface area contributed by atoms with Gasteiger partial charge >= 0.3 is 0 Å². The molecule has 26 heavy (non-hydrogen) atoms. The predicted molar refractivity (Wildman–Crippen MR) is 92.6 cm³/mol. The van der Waals surface area contributed by atoms with Gasteiger partial charge in [0, 0.05) is 22.7 Å². The number of halogens is 2. The molecule has 0 N–H and O–H groups in total. The first-order valence-electron chi connectivity index (χ1n) is 7.79. The zero-order valence-electron chi connectivity index (χ0n) is 13.4. The lowest BCUT2D eigenvalue weighted by Gasteiger charge is -2.05. The van der Waals surface area contributed by atoms with E-state index in [1.807, 2.05) is 30.3 Å². The maximum Gasteiger partial charge on any atom is 0.213 e. The Balaban J connectivity index is 1.73. The van der Waals surface area contributed by atoms with E-state index in [1.54, 1.807) is 6.20 Å². The standard InChI is InChI=1S/C20H11F2N3O/c21-15-6-5-13(8-16(15)22)20(26)19-11-23-10-18(25-19)14-7-12-3-1-2-4-17(12)24-9-14/h1-11H. The van der Waals surface area contributed by atoms with E-state index in [0.29, 0.717) is 11.3 Å². The molecule has 0 bridgehead atoms. The molecule has 2 heterocycles. The number of carbonyl (C=O) groups excluding carboxylic acids is 1. The summed E-state index contributed by atoms with van der Waals surface area (Å²) in [5.74, 6) is -2.63. The SMILES string of the molecule is O=C(c1ccc(F)c(F)c1)c1cncc(-c2cnc3ccccc3c2)n1. The molecule has 0 radical (unpaired) electrons. The van der Waals surface area contributed by atoms with Gasteiger partial charge in [0.15, 0.2) is 11.6 Å². The molecule has 4 rings (SSSR count). The van der Waals surface area contributed by atoms with E-state index in [4.69, 9.17) is 0 Å². The topological polar surface area (TPSA) is 55.7 Å². The Bertz CT molecular complexity index is 1140. The van der Waals surface area contributed by atoms with Crippen LogP contribution in [0.3, 0.4) is 0 Å². The Morgan fingerprint density at radius 1 is 0.885 bits per heavy atom. The minimum absolute atomic E-state index is 0.00647. The molecule has 4 nitrogen and oxygen atoms in total. The van der Waals surface area contributed by atoms with Crippen molar-refractivity contribution in [2.24, 2.45) is 0 Å². The molecule has 0 aliphatic heterocycles. The van der Waals surface area contributed by atoms with Crippen LogP contribution in [0.1, 0.15) is 16.1 Å². The lowest BCUT2D eigenvalue weighted by Crippen LogP contribution is -2.06. The van der Waals surface area contributed by atoms with Crippen LogP contribution in [-0.4, -0.2) is 20.7 Å². The fourth-order valence-electron chi connectivity index (χ4n) is 2.61. The minimum Gasteiger partial charge on any atom is -0.287 e. The molecule has 0 saturated carbocycles. The van der Waals surface area contributed by atoms with E-state index in [1.165, 1.54) is 18.5 Å². The van der Waals surface area contributed by atoms with Crippen molar-refractivity contribution < 1.29 is 13.6 Å². The summed E-state index contributed by atoms with van der Waals surface area (Å²) in [5, 5.41) is 0.934. The van der Waals surface area contributed by atoms with Crippen molar-refractivity contribution in [1.82, 2.24) is 15.0 Å². The number of para-hydroxylation sites is 1. The average Bonchev–Trinajstić information content (AvgIpc) is 2.69. The number of rotatable bonds is 3. The summed E-state index contributed by atoms with van der Waals surface area (Å²) in [6.45, 7) is 0. The summed E-state index contributed by atoms with van der Waals surface area (Å²) in [5.41, 5.74) is 2.07. The van der Waals surface area contributed by atoms with Crippen molar-refractivity contribution in [3.8, 4) is 11.3 Å². The number of aromatic nitrogens is 3. The molecule has 6 heteroatoms. The highest BCUT2D eigenvalue weighted by atomic mass is 19.2. The van der Waals surface area contributed by atoms with Crippen molar-refractivity contribution in [3.05, 3.63) is 90.0 Å². The molecule has 0 saturated heterocycles. The number of hydrogen-bond acceptors (Lipinski definition) is 4. The van der Waals surface area contributed by atoms with Gasteiger partial charge in [0.05, 0.1) is 23.6 Å². The van der Waals surface area contributed by atoms with Crippen LogP contribution in [-0.2, 0) is 0 Å². The summed E-state index contributed by atoms with van der Waals surface area (Å²) in [4.78, 5) is 25.2. The van der Waals surface area contributed by atoms with Gasteiger partial charge in [-0.25, -0.2) is 13.8 Å². The third kappa shape index (κ3) is 2.93. The third-order valence-electron chi connectivity index (χ3n) is 3.94. The number of benzene rings is 2. The largest absolute Gasteiger partial charge is 0.287 e. The van der Waals surface area contributed by atoms with E-state index in [2.05, 4.69) is 15.0 Å². The van der Waals surface area contributed by atoms with Crippen LogP contribution >= 0.6 is 0 Å². The minimum atomic E-state index is -1.08. The van der Waals surface area contributed by atoms with Crippen LogP contribution in [0, 0.1) is 11.6 Å². The molecule has 0 aliphatic carbocycles. The number of fused-ring (bicyclic) bond motifs is 1. The maximum atomic E-state index is 13.4. The fourth-order valence-corrected chi connectivity index (χ4v) is 2.61. The highest BCUT2D eigenvalue weighted by Crippen LogP contribution is 2.21. The molecule has 126 valence electrons. The third-order valence-corrected chi connectivity index (χ3v) is 3.94. The van der Waals surface area contributed by atoms with Crippen molar-refractivity contribution >= 4 is 16.7 Å². The van der Waals surface area contributed by atoms with E-state index in [0.717, 1.165) is 23.0 Å². The quantitative estimate of drug-likeness (QED) is 0.521. The van der Waals surface area contributed by atoms with Crippen LogP contribution in [0.5, 0.6) is 0 Å². The second kappa shape index (κ2) is 6.40. The number of nitrogens with zero attached hydrogens (tertiary/aromatic N) is 3. The van der Waals surface area contributed by atoms with E-state index in [-0.39, 0.29) is 11.3 Å². The Kier molecular flexibility index (Phi) is 3.93. The number of ketones is 1. The summed E-state index contributed by atoms with van der Waals surface area (Å²) < 4.78 is 26.4. The van der Waals surface area contributed by atoms with Crippen LogP contribution in [0.25, 0.3) is 22.2 Å². The summed E-state index contributed by atoms with van der Waals surface area (Å²) >= 11 is 0. The Morgan fingerprint density at radius 2 is 1.73 bits per heavy atom. The Morgan fingerprint density at radius 3 is 2.58 bits per heavy atom. The van der Waals surface area contributed by atoms with Gasteiger partial charge in [-0.2, -0.15) is 0 Å². The average molecular weight is 347 g/mol. The molecule has 4 aromatic rings. The molecule has 0 unspecified atom stereocenters. The fraction of sp³-hybridized carbons (Fsp3) is 0. The van der Waals surface area contributed by atoms with Gasteiger partial charge in [0.2, 0.25) is 5.78 Å². The van der Waals surface area contributed by atoms with Gasteiger partial charge in [-0.3, -0.25) is 14.8 Å². The Hall–Kier alpha value is -3.54. The monoisotopic (exact) mass is 347 g/mol. The lowest BCUT2D eigenvalue weighted by atomic mass is 10.1. The first-order chi connectivity index (χ1) is 12.6. The van der Waals surface area contributed by atoms with Crippen LogP contribution in [0.15, 0.2) is 67.1 Å². The first-order valence-corrected chi connectivity index (χ1v) is 7.79. The number of hydrogen-bond donors (Lipinski definition) is 0. The highest BCUT2D eigenvalue weighted by molar-refractivity contribution is 6.07. The van der Waals surface area contributed by atoms with Crippen LogP contribution in [0.4, 0.5) is 8.78 Å². The molecular weight excluding hydrogens is 336 g/mol. The molecule has 0 amide bonds. The van der Waals surface area contributed by atoms with E-state index >= 15 is 0 Å². The van der Waals surface area contributed by atoms with Crippen LogP contribution in [0.2, 0.25) is 0 Å². The second-order valence-electron chi connectivity index (χ2n) is 5.66. The van der Waals surface area contributed by atoms with Gasteiger partial charge in [-0.1, -0.05) is 18.2 Å².